The Morgan fingerprint density at radius 3 is 1.76 bits per heavy atom. The Hall–Kier alpha value is -3.33. The SMILES string of the molecule is [C-]#[N+]c1ccc(F)c(C(F)F)c1F.[C-]#[N+]c1ccc(F)c(C=O)c1F. The Labute approximate surface area is 137 Å². The molecule has 0 aliphatic heterocycles. The highest BCUT2D eigenvalue weighted by Crippen LogP contribution is 2.30. The van der Waals surface area contributed by atoms with Gasteiger partial charge < -0.3 is 0 Å². The van der Waals surface area contributed by atoms with Gasteiger partial charge in [0.15, 0.2) is 6.29 Å². The third-order valence-electron chi connectivity index (χ3n) is 2.79. The molecule has 2 aromatic carbocycles. The highest BCUT2D eigenvalue weighted by atomic mass is 19.3. The van der Waals surface area contributed by atoms with Crippen LogP contribution in [0.5, 0.6) is 0 Å². The average molecular weight is 356 g/mol. The molecule has 0 aliphatic rings. The van der Waals surface area contributed by atoms with E-state index in [4.69, 9.17) is 13.1 Å². The Morgan fingerprint density at radius 2 is 1.32 bits per heavy atom. The minimum absolute atomic E-state index is 0.0549. The molecule has 0 radical (unpaired) electrons. The molecule has 0 aliphatic carbocycles. The monoisotopic (exact) mass is 356 g/mol. The van der Waals surface area contributed by atoms with Gasteiger partial charge in [0.1, 0.15) is 23.3 Å². The number of alkyl halides is 2. The van der Waals surface area contributed by atoms with Gasteiger partial charge in [-0.1, -0.05) is 12.1 Å². The lowest BCUT2D eigenvalue weighted by atomic mass is 10.2. The quantitative estimate of drug-likeness (QED) is 0.380. The number of carbonyl (C=O) groups excluding carboxylic acids is 1. The zero-order chi connectivity index (χ0) is 19.1. The van der Waals surface area contributed by atoms with Crippen LogP contribution in [0.1, 0.15) is 22.3 Å². The van der Waals surface area contributed by atoms with Gasteiger partial charge in [0.2, 0.25) is 11.4 Å². The first-order valence-electron chi connectivity index (χ1n) is 6.22. The molecule has 0 N–H and O–H groups in total. The number of aldehydes is 1. The van der Waals surface area contributed by atoms with Crippen molar-refractivity contribution in [2.45, 2.75) is 6.43 Å². The van der Waals surface area contributed by atoms with Gasteiger partial charge >= 0.3 is 0 Å². The van der Waals surface area contributed by atoms with Gasteiger partial charge in [-0.3, -0.25) is 4.79 Å². The molecule has 0 saturated carbocycles. The maximum Gasteiger partial charge on any atom is 0.268 e. The van der Waals surface area contributed by atoms with Crippen molar-refractivity contribution in [1.29, 1.82) is 0 Å². The van der Waals surface area contributed by atoms with Crippen LogP contribution in [0.25, 0.3) is 9.69 Å². The van der Waals surface area contributed by atoms with E-state index in [1.54, 1.807) is 0 Å². The van der Waals surface area contributed by atoms with Crippen LogP contribution < -0.4 is 0 Å². The topological polar surface area (TPSA) is 25.8 Å². The molecule has 128 valence electrons. The van der Waals surface area contributed by atoms with E-state index < -0.39 is 46.5 Å². The number of halogens is 6. The van der Waals surface area contributed by atoms with Gasteiger partial charge in [-0.2, -0.15) is 0 Å². The fourth-order valence-corrected chi connectivity index (χ4v) is 1.60. The molecular weight excluding hydrogens is 350 g/mol. The average Bonchev–Trinajstić information content (AvgIpc) is 2.56. The molecule has 9 heteroatoms. The number of carbonyl (C=O) groups is 1. The molecule has 0 fully saturated rings. The normalized spacial score (nSPS) is 9.64. The van der Waals surface area contributed by atoms with Crippen LogP contribution in [-0.2, 0) is 0 Å². The molecule has 0 unspecified atom stereocenters. The van der Waals surface area contributed by atoms with Gasteiger partial charge in [-0.15, -0.1) is 0 Å². The van der Waals surface area contributed by atoms with Crippen LogP contribution in [0.4, 0.5) is 37.7 Å². The van der Waals surface area contributed by atoms with Crippen molar-refractivity contribution in [2.24, 2.45) is 0 Å². The predicted molar refractivity (Wildman–Crippen MR) is 75.6 cm³/mol. The molecule has 2 aromatic rings. The maximum absolute atomic E-state index is 12.9. The summed E-state index contributed by atoms with van der Waals surface area (Å²) in [4.78, 5) is 15.5. The van der Waals surface area contributed by atoms with Crippen LogP contribution in [0.2, 0.25) is 0 Å². The molecule has 2 rings (SSSR count). The van der Waals surface area contributed by atoms with Gasteiger partial charge in [0.05, 0.1) is 24.3 Å². The Kier molecular flexibility index (Phi) is 6.71. The Balaban J connectivity index is 0.000000251. The summed E-state index contributed by atoms with van der Waals surface area (Å²) in [7, 11) is 0. The van der Waals surface area contributed by atoms with Crippen LogP contribution in [0, 0.1) is 36.4 Å². The number of hydrogen-bond acceptors (Lipinski definition) is 1. The van der Waals surface area contributed by atoms with E-state index in [1.807, 2.05) is 0 Å². The van der Waals surface area contributed by atoms with Crippen molar-refractivity contribution in [2.75, 3.05) is 0 Å². The van der Waals surface area contributed by atoms with Crippen molar-refractivity contribution in [3.8, 4) is 0 Å². The second-order valence-corrected chi connectivity index (χ2v) is 4.23. The zero-order valence-electron chi connectivity index (χ0n) is 12.0. The lowest BCUT2D eigenvalue weighted by molar-refractivity contribution is 0.111. The first kappa shape index (κ1) is 19.7. The van der Waals surface area contributed by atoms with Crippen molar-refractivity contribution >= 4 is 17.7 Å². The lowest BCUT2D eigenvalue weighted by Gasteiger charge is -2.03. The smallest absolute Gasteiger partial charge is 0.268 e. The van der Waals surface area contributed by atoms with E-state index in [0.29, 0.717) is 6.07 Å². The summed E-state index contributed by atoms with van der Waals surface area (Å²) in [5, 5.41) is 0. The molecule has 0 saturated heterocycles. The summed E-state index contributed by atoms with van der Waals surface area (Å²) in [6.45, 7) is 12.9. The van der Waals surface area contributed by atoms with Gasteiger partial charge in [-0.25, -0.2) is 36.0 Å². The summed E-state index contributed by atoms with van der Waals surface area (Å²) in [6, 6.07) is 3.35. The van der Waals surface area contributed by atoms with E-state index in [1.165, 1.54) is 0 Å². The zero-order valence-corrected chi connectivity index (χ0v) is 12.0. The first-order chi connectivity index (χ1) is 11.8. The van der Waals surface area contributed by atoms with Gasteiger partial charge in [0, 0.05) is 0 Å². The molecule has 0 atom stereocenters. The molecule has 0 aromatic heterocycles. The summed E-state index contributed by atoms with van der Waals surface area (Å²) >= 11 is 0. The lowest BCUT2D eigenvalue weighted by Crippen LogP contribution is -1.95. The van der Waals surface area contributed by atoms with Crippen LogP contribution in [0.3, 0.4) is 0 Å². The molecule has 0 amide bonds. The second kappa shape index (κ2) is 8.50. The number of nitrogens with zero attached hydrogens (tertiary/aromatic N) is 2. The highest BCUT2D eigenvalue weighted by Gasteiger charge is 2.21. The van der Waals surface area contributed by atoms with Crippen LogP contribution in [0.15, 0.2) is 24.3 Å². The van der Waals surface area contributed by atoms with Crippen molar-refractivity contribution in [3.63, 3.8) is 0 Å². The third-order valence-corrected chi connectivity index (χ3v) is 2.79. The van der Waals surface area contributed by atoms with E-state index >= 15 is 0 Å². The fourth-order valence-electron chi connectivity index (χ4n) is 1.60. The molecule has 0 spiro atoms. The standard InChI is InChI=1S/C8H3F4N.C8H3F2NO/c1-13-5-3-2-4(9)6(7(5)10)8(11)12;1-11-7-3-2-6(9)5(4-12)8(7)10/h2-3,8H;2-4H. The maximum atomic E-state index is 12.9. The summed E-state index contributed by atoms with van der Waals surface area (Å²) in [6.07, 6.45) is -3.19. The van der Waals surface area contributed by atoms with Crippen molar-refractivity contribution in [1.82, 2.24) is 0 Å². The second-order valence-electron chi connectivity index (χ2n) is 4.23. The minimum atomic E-state index is -3.25. The molecule has 25 heavy (non-hydrogen) atoms. The van der Waals surface area contributed by atoms with E-state index in [-0.39, 0.29) is 12.0 Å². The Morgan fingerprint density at radius 1 is 0.840 bits per heavy atom. The fraction of sp³-hybridized carbons (Fsp3) is 0.0625. The van der Waals surface area contributed by atoms with Crippen LogP contribution in [-0.4, -0.2) is 6.29 Å². The number of rotatable bonds is 2. The highest BCUT2D eigenvalue weighted by molar-refractivity contribution is 5.78. The van der Waals surface area contributed by atoms with E-state index in [0.717, 1.165) is 18.2 Å². The molecule has 0 heterocycles. The van der Waals surface area contributed by atoms with Gasteiger partial charge in [0.25, 0.3) is 6.43 Å². The third kappa shape index (κ3) is 4.36. The molecule has 3 nitrogen and oxygen atoms in total. The summed E-state index contributed by atoms with van der Waals surface area (Å²) < 4.78 is 74.9. The van der Waals surface area contributed by atoms with Crippen molar-refractivity contribution in [3.05, 3.63) is 81.5 Å². The largest absolute Gasteiger partial charge is 0.298 e. The molecule has 0 bridgehead atoms. The Bertz CT molecular complexity index is 884. The van der Waals surface area contributed by atoms with Gasteiger partial charge in [-0.05, 0) is 12.1 Å². The first-order valence-corrected chi connectivity index (χ1v) is 6.22. The minimum Gasteiger partial charge on any atom is -0.298 e. The number of benzene rings is 2. The summed E-state index contributed by atoms with van der Waals surface area (Å²) in [5.74, 6) is -4.86. The number of hydrogen-bond donors (Lipinski definition) is 0. The molecular formula is C16H6F6N2O. The van der Waals surface area contributed by atoms with Crippen molar-refractivity contribution < 1.29 is 31.1 Å². The predicted octanol–water partition coefficient (Wildman–Crippen LogP) is 5.78. The van der Waals surface area contributed by atoms with E-state index in [2.05, 4.69) is 9.69 Å². The summed E-state index contributed by atoms with van der Waals surface area (Å²) in [5.41, 5.74) is -2.98. The van der Waals surface area contributed by atoms with E-state index in [9.17, 15) is 31.1 Å². The van der Waals surface area contributed by atoms with Crippen LogP contribution >= 0.6 is 0 Å².